The maximum absolute atomic E-state index is 8.36. The number of carboxylic acid groups (broad SMARTS) is 1. The highest BCUT2D eigenvalue weighted by atomic mass is 16.3. The van der Waals surface area contributed by atoms with E-state index in [1.807, 2.05) is 0 Å². The largest absolute Gasteiger partial charge is 0.483 e. The predicted octanol–water partition coefficient (Wildman–Crippen LogP) is 4.67. The molecule has 1 aromatic carbocycles. The van der Waals surface area contributed by atoms with Crippen LogP contribution in [0.2, 0.25) is 0 Å². The molecule has 1 unspecified atom stereocenters. The SMILES string of the molecule is CC(C)(N)C(CC(C)(C)C(C)(C)C)c1ccccc1.O=CO. The Labute approximate surface area is 135 Å². The Morgan fingerprint density at radius 3 is 1.77 bits per heavy atom. The van der Waals surface area contributed by atoms with E-state index in [1.54, 1.807) is 0 Å². The molecule has 0 saturated carbocycles. The van der Waals surface area contributed by atoms with Crippen molar-refractivity contribution in [3.8, 4) is 0 Å². The molecule has 0 spiro atoms. The molecule has 0 aliphatic carbocycles. The van der Waals surface area contributed by atoms with Gasteiger partial charge in [0.05, 0.1) is 0 Å². The lowest BCUT2D eigenvalue weighted by atomic mass is 9.62. The number of rotatable bonds is 4. The van der Waals surface area contributed by atoms with Gasteiger partial charge in [0.2, 0.25) is 0 Å². The fraction of sp³-hybridized carbons (Fsp3) is 0.632. The molecule has 3 N–H and O–H groups in total. The molecule has 0 aliphatic rings. The van der Waals surface area contributed by atoms with Crippen LogP contribution in [-0.2, 0) is 4.79 Å². The van der Waals surface area contributed by atoms with Crippen molar-refractivity contribution in [3.05, 3.63) is 35.9 Å². The topological polar surface area (TPSA) is 63.3 Å². The van der Waals surface area contributed by atoms with E-state index in [2.05, 4.69) is 78.8 Å². The minimum Gasteiger partial charge on any atom is -0.483 e. The zero-order chi connectivity index (χ0) is 17.6. The van der Waals surface area contributed by atoms with Crippen LogP contribution in [0.3, 0.4) is 0 Å². The first-order valence-corrected chi connectivity index (χ1v) is 7.78. The second-order valence-corrected chi connectivity index (χ2v) is 8.23. The summed E-state index contributed by atoms with van der Waals surface area (Å²) in [5.74, 6) is 0.378. The molecule has 3 heteroatoms. The fourth-order valence-electron chi connectivity index (χ4n) is 2.31. The normalized spacial score (nSPS) is 13.8. The van der Waals surface area contributed by atoms with E-state index in [4.69, 9.17) is 15.6 Å². The molecule has 0 saturated heterocycles. The maximum Gasteiger partial charge on any atom is 0.290 e. The zero-order valence-electron chi connectivity index (χ0n) is 15.2. The lowest BCUT2D eigenvalue weighted by Crippen LogP contribution is -2.43. The van der Waals surface area contributed by atoms with Gasteiger partial charge in [-0.15, -0.1) is 0 Å². The van der Waals surface area contributed by atoms with E-state index in [0.717, 1.165) is 6.42 Å². The van der Waals surface area contributed by atoms with E-state index in [0.29, 0.717) is 5.92 Å². The molecular formula is C19H33NO2. The van der Waals surface area contributed by atoms with Crippen LogP contribution >= 0.6 is 0 Å². The first kappa shape index (κ1) is 20.6. The summed E-state index contributed by atoms with van der Waals surface area (Å²) < 4.78 is 0. The zero-order valence-corrected chi connectivity index (χ0v) is 15.2. The van der Waals surface area contributed by atoms with Gasteiger partial charge in [-0.1, -0.05) is 65.0 Å². The predicted molar refractivity (Wildman–Crippen MR) is 94.0 cm³/mol. The average Bonchev–Trinajstić information content (AvgIpc) is 2.35. The van der Waals surface area contributed by atoms with Crippen LogP contribution < -0.4 is 5.73 Å². The highest BCUT2D eigenvalue weighted by Gasteiger charge is 2.39. The van der Waals surface area contributed by atoms with E-state index < -0.39 is 0 Å². The number of benzene rings is 1. The Bertz CT molecular complexity index is 439. The van der Waals surface area contributed by atoms with Gasteiger partial charge in [-0.3, -0.25) is 4.79 Å². The van der Waals surface area contributed by atoms with Gasteiger partial charge in [0.1, 0.15) is 0 Å². The van der Waals surface area contributed by atoms with Gasteiger partial charge < -0.3 is 10.8 Å². The Morgan fingerprint density at radius 1 is 1.05 bits per heavy atom. The van der Waals surface area contributed by atoms with Gasteiger partial charge in [0.25, 0.3) is 6.47 Å². The summed E-state index contributed by atoms with van der Waals surface area (Å²) in [4.78, 5) is 8.36. The summed E-state index contributed by atoms with van der Waals surface area (Å²) in [6.07, 6.45) is 1.10. The fourth-order valence-corrected chi connectivity index (χ4v) is 2.31. The number of hydrogen-bond donors (Lipinski definition) is 2. The molecule has 22 heavy (non-hydrogen) atoms. The highest BCUT2D eigenvalue weighted by molar-refractivity contribution is 5.32. The summed E-state index contributed by atoms with van der Waals surface area (Å²) in [5.41, 5.74) is 8.12. The second-order valence-electron chi connectivity index (χ2n) is 8.23. The minimum atomic E-state index is -0.250. The third-order valence-corrected chi connectivity index (χ3v) is 4.84. The van der Waals surface area contributed by atoms with Gasteiger partial charge in [0.15, 0.2) is 0 Å². The second kappa shape index (κ2) is 7.77. The van der Waals surface area contributed by atoms with Crippen molar-refractivity contribution in [2.75, 3.05) is 0 Å². The van der Waals surface area contributed by atoms with Crippen molar-refractivity contribution >= 4 is 6.47 Å². The smallest absolute Gasteiger partial charge is 0.290 e. The Hall–Kier alpha value is -1.35. The van der Waals surface area contributed by atoms with E-state index >= 15 is 0 Å². The molecule has 1 rings (SSSR count). The van der Waals surface area contributed by atoms with Crippen LogP contribution in [0.4, 0.5) is 0 Å². The first-order valence-electron chi connectivity index (χ1n) is 7.78. The van der Waals surface area contributed by atoms with Crippen LogP contribution in [0.5, 0.6) is 0 Å². The molecule has 1 aromatic rings. The van der Waals surface area contributed by atoms with Gasteiger partial charge in [-0.05, 0) is 36.7 Å². The molecule has 0 aliphatic heterocycles. The highest BCUT2D eigenvalue weighted by Crippen LogP contribution is 2.47. The van der Waals surface area contributed by atoms with Crippen molar-refractivity contribution in [3.63, 3.8) is 0 Å². The Kier molecular flexibility index (Phi) is 7.30. The van der Waals surface area contributed by atoms with Crippen LogP contribution in [0, 0.1) is 10.8 Å². The average molecular weight is 307 g/mol. The summed E-state index contributed by atoms with van der Waals surface area (Å²) in [6.45, 7) is 15.7. The Balaban J connectivity index is 0.00000135. The molecule has 0 amide bonds. The molecule has 0 radical (unpaired) electrons. The first-order chi connectivity index (χ1) is 9.86. The third kappa shape index (κ3) is 6.18. The summed E-state index contributed by atoms with van der Waals surface area (Å²) in [7, 11) is 0. The minimum absolute atomic E-state index is 0.204. The van der Waals surface area contributed by atoms with Crippen molar-refractivity contribution in [2.24, 2.45) is 16.6 Å². The molecule has 0 fully saturated rings. The van der Waals surface area contributed by atoms with Crippen LogP contribution in [0.25, 0.3) is 0 Å². The van der Waals surface area contributed by atoms with Crippen LogP contribution in [0.1, 0.15) is 66.4 Å². The van der Waals surface area contributed by atoms with Crippen molar-refractivity contribution < 1.29 is 9.90 Å². The van der Waals surface area contributed by atoms with E-state index in [9.17, 15) is 0 Å². The summed E-state index contributed by atoms with van der Waals surface area (Å²) >= 11 is 0. The molecule has 1 atom stereocenters. The molecule has 0 heterocycles. The van der Waals surface area contributed by atoms with Gasteiger partial charge in [0, 0.05) is 11.5 Å². The van der Waals surface area contributed by atoms with Gasteiger partial charge in [-0.25, -0.2) is 0 Å². The lowest BCUT2D eigenvalue weighted by molar-refractivity contribution is -0.122. The summed E-state index contributed by atoms with van der Waals surface area (Å²) in [6, 6.07) is 10.7. The summed E-state index contributed by atoms with van der Waals surface area (Å²) in [5, 5.41) is 6.89. The quantitative estimate of drug-likeness (QED) is 0.794. The number of nitrogens with two attached hydrogens (primary N) is 1. The molecular weight excluding hydrogens is 274 g/mol. The maximum atomic E-state index is 8.36. The molecule has 126 valence electrons. The van der Waals surface area contributed by atoms with E-state index in [1.165, 1.54) is 5.56 Å². The monoisotopic (exact) mass is 307 g/mol. The van der Waals surface area contributed by atoms with Crippen molar-refractivity contribution in [1.82, 2.24) is 0 Å². The van der Waals surface area contributed by atoms with Crippen LogP contribution in [-0.4, -0.2) is 17.1 Å². The van der Waals surface area contributed by atoms with Crippen molar-refractivity contribution in [1.29, 1.82) is 0 Å². The third-order valence-electron chi connectivity index (χ3n) is 4.84. The lowest BCUT2D eigenvalue weighted by Gasteiger charge is -2.44. The van der Waals surface area contributed by atoms with Gasteiger partial charge in [-0.2, -0.15) is 0 Å². The number of carbonyl (C=O) groups is 1. The molecule has 3 nitrogen and oxygen atoms in total. The van der Waals surface area contributed by atoms with Crippen LogP contribution in [0.15, 0.2) is 30.3 Å². The van der Waals surface area contributed by atoms with Crippen molar-refractivity contribution in [2.45, 2.75) is 66.3 Å². The molecule has 0 bridgehead atoms. The number of hydrogen-bond acceptors (Lipinski definition) is 2. The van der Waals surface area contributed by atoms with Gasteiger partial charge >= 0.3 is 0 Å². The molecule has 0 aromatic heterocycles. The standard InChI is InChI=1S/C18H31N.CH2O2/c1-16(2,3)17(4,5)13-15(18(6,7)19)14-11-9-8-10-12-14;2-1-3/h8-12,15H,13,19H2,1-7H3;1H,(H,2,3). The Morgan fingerprint density at radius 2 is 1.45 bits per heavy atom. The van der Waals surface area contributed by atoms with E-state index in [-0.39, 0.29) is 22.8 Å².